The Hall–Kier alpha value is -1.39. The summed E-state index contributed by atoms with van der Waals surface area (Å²) in [5, 5.41) is 5.83. The van der Waals surface area contributed by atoms with Gasteiger partial charge in [0.1, 0.15) is 0 Å². The first-order valence-corrected chi connectivity index (χ1v) is 5.89. The molecule has 0 spiro atoms. The Labute approximate surface area is 103 Å². The minimum absolute atomic E-state index is 0.00315. The van der Waals surface area contributed by atoms with Crippen LogP contribution in [0.5, 0.6) is 0 Å². The average molecular weight is 235 g/mol. The molecule has 0 aliphatic rings. The Morgan fingerprint density at radius 3 is 2.53 bits per heavy atom. The fourth-order valence-electron chi connectivity index (χ4n) is 1.60. The molecule has 4 heteroatoms. The van der Waals surface area contributed by atoms with Crippen molar-refractivity contribution in [2.45, 2.75) is 13.0 Å². The first-order chi connectivity index (χ1) is 8.16. The van der Waals surface area contributed by atoms with Gasteiger partial charge in [-0.2, -0.15) is 0 Å². The molecule has 0 saturated heterocycles. The highest BCUT2D eigenvalue weighted by Crippen LogP contribution is 2.18. The fourth-order valence-corrected chi connectivity index (χ4v) is 1.60. The highest BCUT2D eigenvalue weighted by Gasteiger charge is 2.21. The monoisotopic (exact) mass is 235 g/mol. The molecule has 1 aromatic carbocycles. The lowest BCUT2D eigenvalue weighted by molar-refractivity contribution is -0.125. The fraction of sp³-hybridized carbons (Fsp3) is 0.462. The third-order valence-electron chi connectivity index (χ3n) is 2.81. The Balaban J connectivity index is 2.51. The van der Waals surface area contributed by atoms with Crippen LogP contribution in [0.25, 0.3) is 0 Å². The van der Waals surface area contributed by atoms with Crippen molar-refractivity contribution in [3.63, 3.8) is 0 Å². The molecule has 1 aromatic rings. The number of benzene rings is 1. The van der Waals surface area contributed by atoms with Crippen LogP contribution in [0.1, 0.15) is 18.5 Å². The van der Waals surface area contributed by atoms with Gasteiger partial charge < -0.3 is 16.4 Å². The maximum Gasteiger partial charge on any atom is 0.224 e. The molecule has 2 unspecified atom stereocenters. The molecule has 0 heterocycles. The third-order valence-corrected chi connectivity index (χ3v) is 2.81. The molecular weight excluding hydrogens is 214 g/mol. The van der Waals surface area contributed by atoms with E-state index in [4.69, 9.17) is 5.73 Å². The van der Waals surface area contributed by atoms with E-state index in [0.717, 1.165) is 12.1 Å². The molecule has 0 aliphatic heterocycles. The van der Waals surface area contributed by atoms with Gasteiger partial charge in [0, 0.05) is 19.1 Å². The molecule has 1 amide bonds. The number of amides is 1. The van der Waals surface area contributed by atoms with Crippen LogP contribution in [-0.2, 0) is 4.79 Å². The zero-order valence-electron chi connectivity index (χ0n) is 10.4. The smallest absolute Gasteiger partial charge is 0.224 e. The van der Waals surface area contributed by atoms with Gasteiger partial charge >= 0.3 is 0 Å². The second kappa shape index (κ2) is 7.04. The molecule has 0 saturated carbocycles. The first-order valence-electron chi connectivity index (χ1n) is 5.89. The van der Waals surface area contributed by atoms with Crippen LogP contribution in [-0.4, -0.2) is 26.0 Å². The van der Waals surface area contributed by atoms with Gasteiger partial charge in [0.05, 0.1) is 5.92 Å². The Kier molecular flexibility index (Phi) is 5.66. The summed E-state index contributed by atoms with van der Waals surface area (Å²) >= 11 is 0. The molecule has 94 valence electrons. The van der Waals surface area contributed by atoms with Crippen molar-refractivity contribution in [3.05, 3.63) is 35.9 Å². The molecule has 0 fully saturated rings. The van der Waals surface area contributed by atoms with Gasteiger partial charge in [0.15, 0.2) is 0 Å². The van der Waals surface area contributed by atoms with Crippen molar-refractivity contribution in [2.24, 2.45) is 11.7 Å². The van der Waals surface area contributed by atoms with Crippen LogP contribution in [0.15, 0.2) is 30.3 Å². The third kappa shape index (κ3) is 4.17. The maximum atomic E-state index is 11.8. The SMILES string of the molecule is CNCCNC(=O)C(C)C(N)c1ccccc1. The zero-order valence-corrected chi connectivity index (χ0v) is 10.4. The van der Waals surface area contributed by atoms with E-state index < -0.39 is 0 Å². The molecule has 0 bridgehead atoms. The van der Waals surface area contributed by atoms with Crippen molar-refractivity contribution in [3.8, 4) is 0 Å². The summed E-state index contributed by atoms with van der Waals surface area (Å²) in [5.41, 5.74) is 7.06. The van der Waals surface area contributed by atoms with Crippen molar-refractivity contribution in [1.82, 2.24) is 10.6 Å². The molecule has 0 aliphatic carbocycles. The second-order valence-corrected chi connectivity index (χ2v) is 4.12. The van der Waals surface area contributed by atoms with Gasteiger partial charge in [0.2, 0.25) is 5.91 Å². The highest BCUT2D eigenvalue weighted by molar-refractivity contribution is 5.79. The number of nitrogens with two attached hydrogens (primary N) is 1. The van der Waals surface area contributed by atoms with Gasteiger partial charge in [-0.05, 0) is 12.6 Å². The number of hydrogen-bond acceptors (Lipinski definition) is 3. The van der Waals surface area contributed by atoms with Crippen molar-refractivity contribution < 1.29 is 4.79 Å². The molecule has 0 radical (unpaired) electrons. The van der Waals surface area contributed by atoms with Gasteiger partial charge in [-0.25, -0.2) is 0 Å². The van der Waals surface area contributed by atoms with E-state index in [2.05, 4.69) is 10.6 Å². The normalized spacial score (nSPS) is 14.1. The van der Waals surface area contributed by atoms with E-state index in [-0.39, 0.29) is 17.9 Å². The number of carbonyl (C=O) groups is 1. The van der Waals surface area contributed by atoms with Gasteiger partial charge in [-0.3, -0.25) is 4.79 Å². The number of nitrogens with one attached hydrogen (secondary N) is 2. The highest BCUT2D eigenvalue weighted by atomic mass is 16.1. The lowest BCUT2D eigenvalue weighted by atomic mass is 9.95. The summed E-state index contributed by atoms with van der Waals surface area (Å²) in [7, 11) is 1.85. The molecule has 0 aromatic heterocycles. The summed E-state index contributed by atoms with van der Waals surface area (Å²) in [6.45, 7) is 3.24. The van der Waals surface area contributed by atoms with E-state index in [0.29, 0.717) is 6.54 Å². The summed E-state index contributed by atoms with van der Waals surface area (Å²) in [6.07, 6.45) is 0. The minimum atomic E-state index is -0.259. The van der Waals surface area contributed by atoms with Crippen molar-refractivity contribution in [2.75, 3.05) is 20.1 Å². The van der Waals surface area contributed by atoms with Crippen molar-refractivity contribution >= 4 is 5.91 Å². The summed E-state index contributed by atoms with van der Waals surface area (Å²) < 4.78 is 0. The molecule has 1 rings (SSSR count). The molecule has 17 heavy (non-hydrogen) atoms. The van der Waals surface area contributed by atoms with Crippen LogP contribution in [0, 0.1) is 5.92 Å². The first kappa shape index (κ1) is 13.7. The zero-order chi connectivity index (χ0) is 12.7. The topological polar surface area (TPSA) is 67.1 Å². The largest absolute Gasteiger partial charge is 0.355 e. The molecule has 2 atom stereocenters. The van der Waals surface area contributed by atoms with Crippen LogP contribution >= 0.6 is 0 Å². The lowest BCUT2D eigenvalue weighted by Gasteiger charge is -2.19. The van der Waals surface area contributed by atoms with Crippen LogP contribution in [0.2, 0.25) is 0 Å². The predicted octanol–water partition coefficient (Wildman–Crippen LogP) is 0.658. The molecular formula is C13H21N3O. The van der Waals surface area contributed by atoms with E-state index in [1.54, 1.807) is 0 Å². The van der Waals surface area contributed by atoms with E-state index in [1.165, 1.54) is 0 Å². The van der Waals surface area contributed by atoms with Crippen LogP contribution < -0.4 is 16.4 Å². The summed E-state index contributed by atoms with van der Waals surface area (Å²) in [4.78, 5) is 11.8. The number of carbonyl (C=O) groups excluding carboxylic acids is 1. The maximum absolute atomic E-state index is 11.8. The van der Waals surface area contributed by atoms with Gasteiger partial charge in [-0.15, -0.1) is 0 Å². The van der Waals surface area contributed by atoms with E-state index in [1.807, 2.05) is 44.3 Å². The van der Waals surface area contributed by atoms with Crippen LogP contribution in [0.3, 0.4) is 0 Å². The Morgan fingerprint density at radius 1 is 1.29 bits per heavy atom. The average Bonchev–Trinajstić information content (AvgIpc) is 2.38. The number of likely N-dealkylation sites (N-methyl/N-ethyl adjacent to an activating group) is 1. The lowest BCUT2D eigenvalue weighted by Crippen LogP contribution is -2.38. The van der Waals surface area contributed by atoms with E-state index >= 15 is 0 Å². The molecule has 4 nitrogen and oxygen atoms in total. The standard InChI is InChI=1S/C13H21N3O/c1-10(13(17)16-9-8-15-2)12(14)11-6-4-3-5-7-11/h3-7,10,12,15H,8-9,14H2,1-2H3,(H,16,17). The van der Waals surface area contributed by atoms with Crippen LogP contribution in [0.4, 0.5) is 0 Å². The van der Waals surface area contributed by atoms with Gasteiger partial charge in [0.25, 0.3) is 0 Å². The number of hydrogen-bond donors (Lipinski definition) is 3. The van der Waals surface area contributed by atoms with Gasteiger partial charge in [-0.1, -0.05) is 37.3 Å². The quantitative estimate of drug-likeness (QED) is 0.634. The Bertz CT molecular complexity index is 340. The predicted molar refractivity (Wildman–Crippen MR) is 69.5 cm³/mol. The van der Waals surface area contributed by atoms with E-state index in [9.17, 15) is 4.79 Å². The minimum Gasteiger partial charge on any atom is -0.355 e. The van der Waals surface area contributed by atoms with Crippen molar-refractivity contribution in [1.29, 1.82) is 0 Å². The molecule has 4 N–H and O–H groups in total. The number of rotatable bonds is 6. The summed E-state index contributed by atoms with van der Waals surface area (Å²) in [6, 6.07) is 9.44. The Morgan fingerprint density at radius 2 is 1.94 bits per heavy atom. The summed E-state index contributed by atoms with van der Waals surface area (Å²) in [5.74, 6) is -0.231. The second-order valence-electron chi connectivity index (χ2n) is 4.12.